The average Bonchev–Trinajstić information content (AvgIpc) is 2.93. The Kier molecular flexibility index (Phi) is 4.81. The second-order valence-corrected chi connectivity index (χ2v) is 5.58. The highest BCUT2D eigenvalue weighted by molar-refractivity contribution is 5.89. The summed E-state index contributed by atoms with van der Waals surface area (Å²) in [6, 6.07) is -0.735. The Morgan fingerprint density at radius 3 is 2.70 bits per heavy atom. The number of urea groups is 1. The first kappa shape index (κ1) is 17.1. The lowest BCUT2D eigenvalue weighted by molar-refractivity contribution is -0.140. The first-order valence-electron chi connectivity index (χ1n) is 7.06. The van der Waals surface area contributed by atoms with Crippen LogP contribution in [-0.4, -0.2) is 46.8 Å². The maximum Gasteiger partial charge on any atom is 0.437 e. The molecule has 1 fully saturated rings. The molecule has 3 amide bonds. The predicted molar refractivity (Wildman–Crippen MR) is 75.6 cm³/mol. The van der Waals surface area contributed by atoms with Crippen molar-refractivity contribution in [3.8, 4) is 0 Å². The van der Waals surface area contributed by atoms with E-state index in [2.05, 4.69) is 15.7 Å². The van der Waals surface area contributed by atoms with Crippen molar-refractivity contribution in [2.45, 2.75) is 19.0 Å². The molecule has 1 atom stereocenters. The van der Waals surface area contributed by atoms with Crippen molar-refractivity contribution in [3.05, 3.63) is 11.9 Å². The minimum Gasteiger partial charge on any atom is -0.345 e. The van der Waals surface area contributed by atoms with E-state index < -0.39 is 23.6 Å². The van der Waals surface area contributed by atoms with Gasteiger partial charge in [-0.05, 0) is 12.3 Å². The summed E-state index contributed by atoms with van der Waals surface area (Å²) in [5, 5.41) is 7.94. The third kappa shape index (κ3) is 4.36. The van der Waals surface area contributed by atoms with Gasteiger partial charge in [-0.2, -0.15) is 18.3 Å². The molecule has 1 aromatic rings. The highest BCUT2D eigenvalue weighted by atomic mass is 19.4. The van der Waals surface area contributed by atoms with Crippen molar-refractivity contribution in [3.63, 3.8) is 0 Å². The molecule has 10 heteroatoms. The van der Waals surface area contributed by atoms with Crippen molar-refractivity contribution in [1.82, 2.24) is 20.0 Å². The minimum absolute atomic E-state index is 0.0598. The molecule has 0 bridgehead atoms. The molecular formula is C13H18F3N5O2. The second kappa shape index (κ2) is 6.47. The summed E-state index contributed by atoms with van der Waals surface area (Å²) >= 11 is 0. The van der Waals surface area contributed by atoms with Crippen molar-refractivity contribution < 1.29 is 22.8 Å². The summed E-state index contributed by atoms with van der Waals surface area (Å²) in [7, 11) is 3.05. The number of anilines is 1. The minimum atomic E-state index is -4.64. The summed E-state index contributed by atoms with van der Waals surface area (Å²) in [6.45, 7) is 0.905. The fourth-order valence-electron chi connectivity index (χ4n) is 2.50. The van der Waals surface area contributed by atoms with Crippen molar-refractivity contribution in [2.24, 2.45) is 13.0 Å². The van der Waals surface area contributed by atoms with Crippen LogP contribution >= 0.6 is 0 Å². The van der Waals surface area contributed by atoms with Gasteiger partial charge in [0.25, 0.3) is 0 Å². The molecule has 1 aliphatic rings. The van der Waals surface area contributed by atoms with Crippen LogP contribution in [0.25, 0.3) is 0 Å². The van der Waals surface area contributed by atoms with Gasteiger partial charge in [0.2, 0.25) is 5.91 Å². The standard InChI is InChI=1S/C13H18F3N5O2/c1-20-6-8(5-10(20)22)3-4-17-12(23)18-9-7-21(2)19-11(9)13(14,15)16/h7-8H,3-6H2,1-2H3,(H2,17,18,23)/t8-/m0/s1. The molecule has 2 heterocycles. The quantitative estimate of drug-likeness (QED) is 0.875. The molecular weight excluding hydrogens is 315 g/mol. The van der Waals surface area contributed by atoms with Crippen LogP contribution in [0.3, 0.4) is 0 Å². The molecule has 1 aliphatic heterocycles. The first-order chi connectivity index (χ1) is 10.7. The lowest BCUT2D eigenvalue weighted by atomic mass is 10.1. The lowest BCUT2D eigenvalue weighted by Crippen LogP contribution is -2.31. The molecule has 0 unspecified atom stereocenters. The fourth-order valence-corrected chi connectivity index (χ4v) is 2.50. The Morgan fingerprint density at radius 2 is 2.13 bits per heavy atom. The number of likely N-dealkylation sites (tertiary alicyclic amines) is 1. The van der Waals surface area contributed by atoms with Crippen LogP contribution in [0.5, 0.6) is 0 Å². The Hall–Kier alpha value is -2.26. The second-order valence-electron chi connectivity index (χ2n) is 5.58. The zero-order chi connectivity index (χ0) is 17.2. The molecule has 128 valence electrons. The number of alkyl halides is 3. The van der Waals surface area contributed by atoms with E-state index in [4.69, 9.17) is 0 Å². The summed E-state index contributed by atoms with van der Waals surface area (Å²) in [5.74, 6) is 0.210. The number of aromatic nitrogens is 2. The zero-order valence-corrected chi connectivity index (χ0v) is 12.8. The fraction of sp³-hybridized carbons (Fsp3) is 0.615. The third-order valence-corrected chi connectivity index (χ3v) is 3.60. The number of halogens is 3. The molecule has 0 saturated carbocycles. The smallest absolute Gasteiger partial charge is 0.345 e. The number of amides is 3. The predicted octanol–water partition coefficient (Wildman–Crippen LogP) is 1.43. The van der Waals surface area contributed by atoms with Crippen LogP contribution in [0.1, 0.15) is 18.5 Å². The lowest BCUT2D eigenvalue weighted by Gasteiger charge is -2.12. The van der Waals surface area contributed by atoms with E-state index in [-0.39, 0.29) is 18.4 Å². The Labute approximate surface area is 130 Å². The maximum atomic E-state index is 12.8. The van der Waals surface area contributed by atoms with E-state index in [0.29, 0.717) is 19.4 Å². The van der Waals surface area contributed by atoms with E-state index in [1.54, 1.807) is 11.9 Å². The molecule has 2 rings (SSSR count). The van der Waals surface area contributed by atoms with Crippen molar-refractivity contribution >= 4 is 17.6 Å². The Morgan fingerprint density at radius 1 is 1.43 bits per heavy atom. The molecule has 7 nitrogen and oxygen atoms in total. The van der Waals surface area contributed by atoms with Gasteiger partial charge < -0.3 is 15.5 Å². The number of carbonyl (C=O) groups is 2. The monoisotopic (exact) mass is 333 g/mol. The van der Waals surface area contributed by atoms with Gasteiger partial charge in [0.15, 0.2) is 5.69 Å². The van der Waals surface area contributed by atoms with E-state index in [9.17, 15) is 22.8 Å². The van der Waals surface area contributed by atoms with Crippen LogP contribution in [0.4, 0.5) is 23.7 Å². The number of nitrogens with zero attached hydrogens (tertiary/aromatic N) is 3. The molecule has 1 aromatic heterocycles. The Bertz CT molecular complexity index is 599. The largest absolute Gasteiger partial charge is 0.437 e. The number of rotatable bonds is 4. The van der Waals surface area contributed by atoms with Gasteiger partial charge in [-0.1, -0.05) is 0 Å². The van der Waals surface area contributed by atoms with Crippen LogP contribution < -0.4 is 10.6 Å². The highest BCUT2D eigenvalue weighted by Crippen LogP contribution is 2.33. The topological polar surface area (TPSA) is 79.3 Å². The molecule has 0 aliphatic carbocycles. The molecule has 2 N–H and O–H groups in total. The van der Waals surface area contributed by atoms with Gasteiger partial charge >= 0.3 is 12.2 Å². The summed E-state index contributed by atoms with van der Waals surface area (Å²) < 4.78 is 39.3. The van der Waals surface area contributed by atoms with Crippen molar-refractivity contribution in [1.29, 1.82) is 0 Å². The van der Waals surface area contributed by atoms with Gasteiger partial charge in [-0.25, -0.2) is 4.79 Å². The summed E-state index contributed by atoms with van der Waals surface area (Å²) in [6.07, 6.45) is -2.53. The number of hydrogen-bond donors (Lipinski definition) is 2. The van der Waals surface area contributed by atoms with Crippen molar-refractivity contribution in [2.75, 3.05) is 25.5 Å². The van der Waals surface area contributed by atoms with Crippen LogP contribution in [-0.2, 0) is 18.0 Å². The van der Waals surface area contributed by atoms with Crippen LogP contribution in [0.15, 0.2) is 6.20 Å². The van der Waals surface area contributed by atoms with Gasteiger partial charge in [0.1, 0.15) is 0 Å². The van der Waals surface area contributed by atoms with Gasteiger partial charge in [0, 0.05) is 39.8 Å². The molecule has 0 aromatic carbocycles. The van der Waals surface area contributed by atoms with Gasteiger partial charge in [0.05, 0.1) is 5.69 Å². The molecule has 23 heavy (non-hydrogen) atoms. The number of hydrogen-bond acceptors (Lipinski definition) is 3. The van der Waals surface area contributed by atoms with Crippen LogP contribution in [0, 0.1) is 5.92 Å². The van der Waals surface area contributed by atoms with E-state index >= 15 is 0 Å². The number of nitrogens with one attached hydrogen (secondary N) is 2. The number of aryl methyl sites for hydroxylation is 1. The van der Waals surface area contributed by atoms with E-state index in [1.165, 1.54) is 7.05 Å². The Balaban J connectivity index is 1.83. The molecule has 0 spiro atoms. The van der Waals surface area contributed by atoms with Gasteiger partial charge in [-0.3, -0.25) is 9.48 Å². The maximum absolute atomic E-state index is 12.8. The normalized spacial score (nSPS) is 18.4. The number of carbonyl (C=O) groups excluding carboxylic acids is 2. The zero-order valence-electron chi connectivity index (χ0n) is 12.8. The van der Waals surface area contributed by atoms with Crippen LogP contribution in [0.2, 0.25) is 0 Å². The van der Waals surface area contributed by atoms with Gasteiger partial charge in [-0.15, -0.1) is 0 Å². The molecule has 0 radical (unpaired) electrons. The van der Waals surface area contributed by atoms with E-state index in [1.807, 2.05) is 0 Å². The summed E-state index contributed by atoms with van der Waals surface area (Å²) in [5.41, 5.74) is -1.54. The first-order valence-corrected chi connectivity index (χ1v) is 7.06. The highest BCUT2D eigenvalue weighted by Gasteiger charge is 2.37. The van der Waals surface area contributed by atoms with E-state index in [0.717, 1.165) is 10.9 Å². The SMILES string of the molecule is CN1C[C@@H](CCNC(=O)Nc2cn(C)nc2C(F)(F)F)CC1=O. The average molecular weight is 333 g/mol. The molecule has 1 saturated heterocycles. The third-order valence-electron chi connectivity index (χ3n) is 3.60. The summed E-state index contributed by atoms with van der Waals surface area (Å²) in [4.78, 5) is 24.7.